The third-order valence-electron chi connectivity index (χ3n) is 2.96. The first-order chi connectivity index (χ1) is 9.12. The van der Waals surface area contributed by atoms with Gasteiger partial charge in [0.05, 0.1) is 13.7 Å². The molecule has 0 spiro atoms. The highest BCUT2D eigenvalue weighted by Gasteiger charge is 2.06. The van der Waals surface area contributed by atoms with E-state index in [4.69, 9.17) is 9.47 Å². The molecule has 1 N–H and O–H groups in total. The fourth-order valence-corrected chi connectivity index (χ4v) is 1.89. The van der Waals surface area contributed by atoms with Crippen LogP contribution in [0.4, 0.5) is 0 Å². The van der Waals surface area contributed by atoms with Gasteiger partial charge in [-0.05, 0) is 37.6 Å². The quantitative estimate of drug-likeness (QED) is 0.818. The number of nitrogens with one attached hydrogen (secondary N) is 1. The van der Waals surface area contributed by atoms with E-state index in [2.05, 4.69) is 31.3 Å². The maximum atomic E-state index is 5.60. The topological polar surface area (TPSA) is 30.5 Å². The Morgan fingerprint density at radius 2 is 2.05 bits per heavy atom. The molecule has 0 amide bonds. The number of ether oxygens (including phenoxy) is 2. The fraction of sp³-hybridized carbons (Fsp3) is 0.500. The molecule has 1 aromatic carbocycles. The third-order valence-corrected chi connectivity index (χ3v) is 2.96. The predicted molar refractivity (Wildman–Crippen MR) is 80.9 cm³/mol. The summed E-state index contributed by atoms with van der Waals surface area (Å²) in [6.45, 7) is 7.92. The van der Waals surface area contributed by atoms with E-state index in [0.717, 1.165) is 23.6 Å². The van der Waals surface area contributed by atoms with Crippen LogP contribution in [-0.4, -0.2) is 27.3 Å². The molecule has 1 aromatic rings. The normalized spacial score (nSPS) is 11.8. The van der Waals surface area contributed by atoms with Crippen LogP contribution >= 0.6 is 0 Å². The molecule has 0 aliphatic rings. The molecular weight excluding hydrogens is 238 g/mol. The van der Waals surface area contributed by atoms with Crippen molar-refractivity contribution in [3.05, 3.63) is 29.3 Å². The van der Waals surface area contributed by atoms with Gasteiger partial charge >= 0.3 is 0 Å². The summed E-state index contributed by atoms with van der Waals surface area (Å²) in [5.41, 5.74) is 2.51. The molecule has 106 valence electrons. The van der Waals surface area contributed by atoms with Gasteiger partial charge in [-0.1, -0.05) is 31.6 Å². The minimum Gasteiger partial charge on any atom is -0.493 e. The highest BCUT2D eigenvalue weighted by atomic mass is 16.5. The van der Waals surface area contributed by atoms with Crippen LogP contribution in [0.1, 0.15) is 26.3 Å². The lowest BCUT2D eigenvalue weighted by Gasteiger charge is -2.13. The van der Waals surface area contributed by atoms with Crippen molar-refractivity contribution in [2.24, 2.45) is 5.92 Å². The predicted octanol–water partition coefficient (Wildman–Crippen LogP) is 3.35. The van der Waals surface area contributed by atoms with Crippen LogP contribution in [0, 0.1) is 5.92 Å². The summed E-state index contributed by atoms with van der Waals surface area (Å²) in [6, 6.07) is 6.04. The largest absolute Gasteiger partial charge is 0.493 e. The van der Waals surface area contributed by atoms with Gasteiger partial charge in [-0.3, -0.25) is 0 Å². The van der Waals surface area contributed by atoms with Gasteiger partial charge in [0.1, 0.15) is 0 Å². The van der Waals surface area contributed by atoms with Crippen LogP contribution < -0.4 is 14.8 Å². The van der Waals surface area contributed by atoms with Gasteiger partial charge in [-0.2, -0.15) is 0 Å². The minimum atomic E-state index is 0.519. The second-order valence-electron chi connectivity index (χ2n) is 4.75. The van der Waals surface area contributed by atoms with Crippen LogP contribution in [0.2, 0.25) is 0 Å². The Kier molecular flexibility index (Phi) is 6.43. The molecule has 19 heavy (non-hydrogen) atoms. The summed E-state index contributed by atoms with van der Waals surface area (Å²) in [5, 5.41) is 3.21. The molecule has 0 bridgehead atoms. The maximum Gasteiger partial charge on any atom is 0.161 e. The summed E-state index contributed by atoms with van der Waals surface area (Å²) >= 11 is 0. The summed E-state index contributed by atoms with van der Waals surface area (Å²) < 4.78 is 10.9. The molecule has 0 aliphatic heterocycles. The Morgan fingerprint density at radius 3 is 2.58 bits per heavy atom. The number of hydrogen-bond acceptors (Lipinski definition) is 3. The second-order valence-corrected chi connectivity index (χ2v) is 4.75. The first-order valence-electron chi connectivity index (χ1n) is 6.78. The van der Waals surface area contributed by atoms with E-state index >= 15 is 0 Å². The number of methoxy groups -OCH3 is 1. The molecule has 1 rings (SSSR count). The van der Waals surface area contributed by atoms with Crippen molar-refractivity contribution < 1.29 is 9.47 Å². The highest BCUT2D eigenvalue weighted by Crippen LogP contribution is 2.29. The van der Waals surface area contributed by atoms with Crippen LogP contribution in [0.15, 0.2) is 23.8 Å². The molecule has 0 radical (unpaired) electrons. The maximum absolute atomic E-state index is 5.60. The molecule has 3 heteroatoms. The van der Waals surface area contributed by atoms with Crippen LogP contribution in [0.3, 0.4) is 0 Å². The van der Waals surface area contributed by atoms with Crippen molar-refractivity contribution in [3.8, 4) is 11.5 Å². The number of rotatable bonds is 7. The fourth-order valence-electron chi connectivity index (χ4n) is 1.89. The molecule has 0 atom stereocenters. The van der Waals surface area contributed by atoms with Crippen molar-refractivity contribution >= 4 is 6.08 Å². The molecule has 0 unspecified atom stereocenters. The second kappa shape index (κ2) is 7.85. The Bertz CT molecular complexity index is 425. The molecular formula is C16H25NO2. The van der Waals surface area contributed by atoms with Gasteiger partial charge < -0.3 is 14.8 Å². The number of likely N-dealkylation sites (N-methyl/N-ethyl adjacent to an activating group) is 1. The molecule has 0 saturated carbocycles. The molecule has 0 fully saturated rings. The Labute approximate surface area is 116 Å². The summed E-state index contributed by atoms with van der Waals surface area (Å²) in [4.78, 5) is 0. The third kappa shape index (κ3) is 4.60. The number of hydrogen-bond donors (Lipinski definition) is 1. The average Bonchev–Trinajstić information content (AvgIpc) is 2.39. The Balaban J connectivity index is 3.06. The molecule has 0 aliphatic carbocycles. The van der Waals surface area contributed by atoms with E-state index < -0.39 is 0 Å². The summed E-state index contributed by atoms with van der Waals surface area (Å²) in [6.07, 6.45) is 2.21. The van der Waals surface area contributed by atoms with Crippen molar-refractivity contribution in [1.82, 2.24) is 5.32 Å². The molecule has 0 saturated heterocycles. The molecule has 0 heterocycles. The zero-order valence-electron chi connectivity index (χ0n) is 12.6. The first kappa shape index (κ1) is 15.6. The minimum absolute atomic E-state index is 0.519. The van der Waals surface area contributed by atoms with Crippen LogP contribution in [0.25, 0.3) is 6.08 Å². The standard InChI is InChI=1S/C16H25NO2/c1-6-19-16-10-13(7-8-15(16)18-5)9-14(11-17-4)12(2)3/h7-10,12,17H,6,11H2,1-5H3. The van der Waals surface area contributed by atoms with E-state index in [1.54, 1.807) is 7.11 Å². The summed E-state index contributed by atoms with van der Waals surface area (Å²) in [5.74, 6) is 2.09. The van der Waals surface area contributed by atoms with Gasteiger partial charge in [0.15, 0.2) is 11.5 Å². The molecule has 3 nitrogen and oxygen atoms in total. The smallest absolute Gasteiger partial charge is 0.161 e. The van der Waals surface area contributed by atoms with Gasteiger partial charge in [-0.15, -0.1) is 0 Å². The van der Waals surface area contributed by atoms with Gasteiger partial charge in [-0.25, -0.2) is 0 Å². The van der Waals surface area contributed by atoms with Gasteiger partial charge in [0.2, 0.25) is 0 Å². The van der Waals surface area contributed by atoms with E-state index in [9.17, 15) is 0 Å². The molecule has 0 aromatic heterocycles. The lowest BCUT2D eigenvalue weighted by molar-refractivity contribution is 0.311. The van der Waals surface area contributed by atoms with E-state index in [1.807, 2.05) is 26.1 Å². The van der Waals surface area contributed by atoms with Gasteiger partial charge in [0.25, 0.3) is 0 Å². The first-order valence-corrected chi connectivity index (χ1v) is 6.78. The average molecular weight is 263 g/mol. The zero-order chi connectivity index (χ0) is 14.3. The van der Waals surface area contributed by atoms with Crippen LogP contribution in [0.5, 0.6) is 11.5 Å². The monoisotopic (exact) mass is 263 g/mol. The van der Waals surface area contributed by atoms with Crippen molar-refractivity contribution in [2.45, 2.75) is 20.8 Å². The lowest BCUT2D eigenvalue weighted by Crippen LogP contribution is -2.13. The van der Waals surface area contributed by atoms with Crippen molar-refractivity contribution in [3.63, 3.8) is 0 Å². The van der Waals surface area contributed by atoms with Crippen LogP contribution in [-0.2, 0) is 0 Å². The Hall–Kier alpha value is -1.48. The summed E-state index contributed by atoms with van der Waals surface area (Å²) in [7, 11) is 3.63. The zero-order valence-corrected chi connectivity index (χ0v) is 12.6. The van der Waals surface area contributed by atoms with E-state index in [0.29, 0.717) is 12.5 Å². The van der Waals surface area contributed by atoms with E-state index in [1.165, 1.54) is 5.57 Å². The van der Waals surface area contributed by atoms with E-state index in [-0.39, 0.29) is 0 Å². The van der Waals surface area contributed by atoms with Crippen molar-refractivity contribution in [2.75, 3.05) is 27.3 Å². The van der Waals surface area contributed by atoms with Crippen molar-refractivity contribution in [1.29, 1.82) is 0 Å². The van der Waals surface area contributed by atoms with Gasteiger partial charge in [0, 0.05) is 6.54 Å². The lowest BCUT2D eigenvalue weighted by atomic mass is 10.00. The SMILES string of the molecule is CCOc1cc(C=C(CNC)C(C)C)ccc1OC. The Morgan fingerprint density at radius 1 is 1.32 bits per heavy atom. The highest BCUT2D eigenvalue weighted by molar-refractivity contribution is 5.58. The number of benzene rings is 1.